The van der Waals surface area contributed by atoms with E-state index in [2.05, 4.69) is 0 Å². The van der Waals surface area contributed by atoms with E-state index in [0.717, 1.165) is 17.7 Å². The van der Waals surface area contributed by atoms with Crippen molar-refractivity contribution in [3.05, 3.63) is 53.0 Å². The number of furan rings is 1. The maximum atomic E-state index is 13.4. The van der Waals surface area contributed by atoms with Crippen molar-refractivity contribution in [2.45, 2.75) is 25.2 Å². The molecule has 2 aromatic rings. The van der Waals surface area contributed by atoms with Gasteiger partial charge in [-0.2, -0.15) is 13.2 Å². The SMILES string of the molecule is CN1CCC(Oc2ccc(C(N)=O)cc2C(F)(F)F)c2ccoc2C1. The molecule has 5 nitrogen and oxygen atoms in total. The minimum atomic E-state index is -4.67. The number of carbonyl (C=O) groups excluding carboxylic acids is 1. The minimum Gasteiger partial charge on any atom is -0.485 e. The average Bonchev–Trinajstić information content (AvgIpc) is 2.92. The Labute approximate surface area is 142 Å². The third-order valence-corrected chi connectivity index (χ3v) is 4.15. The predicted molar refractivity (Wildman–Crippen MR) is 83.0 cm³/mol. The first kappa shape index (κ1) is 17.3. The summed E-state index contributed by atoms with van der Waals surface area (Å²) in [5.74, 6) is -0.586. The molecule has 1 aliphatic heterocycles. The Kier molecular flexibility index (Phi) is 4.47. The van der Waals surface area contributed by atoms with E-state index in [1.807, 2.05) is 11.9 Å². The number of benzene rings is 1. The fourth-order valence-corrected chi connectivity index (χ4v) is 2.87. The van der Waals surface area contributed by atoms with Crippen molar-refractivity contribution >= 4 is 5.91 Å². The second-order valence-electron chi connectivity index (χ2n) is 6.01. The zero-order valence-corrected chi connectivity index (χ0v) is 13.5. The number of carbonyl (C=O) groups is 1. The smallest absolute Gasteiger partial charge is 0.419 e. The fourth-order valence-electron chi connectivity index (χ4n) is 2.87. The zero-order chi connectivity index (χ0) is 18.2. The van der Waals surface area contributed by atoms with E-state index in [9.17, 15) is 18.0 Å². The molecule has 0 saturated heterocycles. The molecule has 1 atom stereocenters. The van der Waals surface area contributed by atoms with Crippen LogP contribution in [0.25, 0.3) is 0 Å². The van der Waals surface area contributed by atoms with Crippen molar-refractivity contribution in [2.75, 3.05) is 13.6 Å². The summed E-state index contributed by atoms with van der Waals surface area (Å²) in [5, 5.41) is 0. The summed E-state index contributed by atoms with van der Waals surface area (Å²) in [6.07, 6.45) is -3.22. The summed E-state index contributed by atoms with van der Waals surface area (Å²) >= 11 is 0. The summed E-state index contributed by atoms with van der Waals surface area (Å²) in [6.45, 7) is 1.21. The number of hydrogen-bond donors (Lipinski definition) is 1. The Hall–Kier alpha value is -2.48. The molecule has 0 radical (unpaired) electrons. The molecular weight excluding hydrogens is 337 g/mol. The highest BCUT2D eigenvalue weighted by Gasteiger charge is 2.36. The van der Waals surface area contributed by atoms with E-state index in [4.69, 9.17) is 14.9 Å². The van der Waals surface area contributed by atoms with E-state index in [-0.39, 0.29) is 11.3 Å². The molecule has 2 N–H and O–H groups in total. The zero-order valence-electron chi connectivity index (χ0n) is 13.5. The quantitative estimate of drug-likeness (QED) is 0.918. The van der Waals surface area contributed by atoms with Gasteiger partial charge in [-0.1, -0.05) is 0 Å². The summed E-state index contributed by atoms with van der Waals surface area (Å²) < 4.78 is 51.2. The second kappa shape index (κ2) is 6.44. The first-order valence-electron chi connectivity index (χ1n) is 7.68. The number of fused-ring (bicyclic) bond motifs is 1. The summed E-state index contributed by atoms with van der Waals surface area (Å²) in [6, 6.07) is 4.80. The molecule has 0 bridgehead atoms. The number of hydrogen-bond acceptors (Lipinski definition) is 4. The van der Waals surface area contributed by atoms with Crippen LogP contribution in [0.15, 0.2) is 34.9 Å². The molecule has 0 aliphatic carbocycles. The molecule has 0 spiro atoms. The second-order valence-corrected chi connectivity index (χ2v) is 6.01. The molecule has 8 heteroatoms. The van der Waals surface area contributed by atoms with E-state index < -0.39 is 23.8 Å². The minimum absolute atomic E-state index is 0.218. The number of primary amides is 1. The summed E-state index contributed by atoms with van der Waals surface area (Å²) in [4.78, 5) is 13.2. The molecule has 2 heterocycles. The molecule has 1 amide bonds. The maximum Gasteiger partial charge on any atom is 0.419 e. The first-order chi connectivity index (χ1) is 11.8. The molecule has 1 unspecified atom stereocenters. The van der Waals surface area contributed by atoms with Gasteiger partial charge in [-0.05, 0) is 31.3 Å². The molecule has 1 aromatic heterocycles. The monoisotopic (exact) mass is 354 g/mol. The summed E-state index contributed by atoms with van der Waals surface area (Å²) in [5.41, 5.74) is 4.57. The fraction of sp³-hybridized carbons (Fsp3) is 0.353. The number of halogens is 3. The van der Waals surface area contributed by atoms with Gasteiger partial charge in [0.2, 0.25) is 5.91 Å². The molecule has 3 rings (SSSR count). The molecule has 134 valence electrons. The van der Waals surface area contributed by atoms with Crippen molar-refractivity contribution in [2.24, 2.45) is 5.73 Å². The highest BCUT2D eigenvalue weighted by molar-refractivity contribution is 5.93. The van der Waals surface area contributed by atoms with Gasteiger partial charge in [-0.15, -0.1) is 0 Å². The van der Waals surface area contributed by atoms with Crippen LogP contribution in [0, 0.1) is 0 Å². The average molecular weight is 354 g/mol. The van der Waals surface area contributed by atoms with Crippen LogP contribution >= 0.6 is 0 Å². The van der Waals surface area contributed by atoms with Gasteiger partial charge < -0.3 is 14.9 Å². The molecular formula is C17H17F3N2O3. The number of alkyl halides is 3. The van der Waals surface area contributed by atoms with Gasteiger partial charge in [0.15, 0.2) is 0 Å². The largest absolute Gasteiger partial charge is 0.485 e. The van der Waals surface area contributed by atoms with Crippen molar-refractivity contribution in [3.63, 3.8) is 0 Å². The van der Waals surface area contributed by atoms with Crippen LogP contribution in [-0.2, 0) is 12.7 Å². The standard InChI is InChI=1S/C17H17F3N2O3/c1-22-6-4-13(11-5-7-24-15(11)9-22)25-14-3-2-10(16(21)23)8-12(14)17(18,19)20/h2-3,5,7-8,13H,4,6,9H2,1H3,(H2,21,23). The Morgan fingerprint density at radius 1 is 1.36 bits per heavy atom. The van der Waals surface area contributed by atoms with Gasteiger partial charge in [0.25, 0.3) is 0 Å². The molecule has 25 heavy (non-hydrogen) atoms. The van der Waals surface area contributed by atoms with Crippen LogP contribution in [0.5, 0.6) is 5.75 Å². The van der Waals surface area contributed by atoms with Crippen LogP contribution in [0.3, 0.4) is 0 Å². The third-order valence-electron chi connectivity index (χ3n) is 4.15. The Bertz CT molecular complexity index is 786. The van der Waals surface area contributed by atoms with Gasteiger partial charge in [0.05, 0.1) is 18.4 Å². The van der Waals surface area contributed by atoms with Gasteiger partial charge in [0.1, 0.15) is 17.6 Å². The Morgan fingerprint density at radius 3 is 2.80 bits per heavy atom. The lowest BCUT2D eigenvalue weighted by molar-refractivity contribution is -0.139. The number of nitrogens with two attached hydrogens (primary N) is 1. The number of ether oxygens (including phenoxy) is 1. The first-order valence-corrected chi connectivity index (χ1v) is 7.68. The van der Waals surface area contributed by atoms with Crippen molar-refractivity contribution in [1.82, 2.24) is 4.90 Å². The molecule has 0 saturated carbocycles. The lowest BCUT2D eigenvalue weighted by atomic mass is 10.1. The Morgan fingerprint density at radius 2 is 2.12 bits per heavy atom. The van der Waals surface area contributed by atoms with E-state index in [0.29, 0.717) is 25.3 Å². The Balaban J connectivity index is 1.97. The van der Waals surface area contributed by atoms with E-state index in [1.54, 1.807) is 6.07 Å². The van der Waals surface area contributed by atoms with Crippen LogP contribution in [0.2, 0.25) is 0 Å². The maximum absolute atomic E-state index is 13.4. The molecule has 0 fully saturated rings. The van der Waals surface area contributed by atoms with E-state index >= 15 is 0 Å². The van der Waals surface area contributed by atoms with Gasteiger partial charge in [-0.3, -0.25) is 9.69 Å². The van der Waals surface area contributed by atoms with Crippen molar-refractivity contribution < 1.29 is 27.1 Å². The summed E-state index contributed by atoms with van der Waals surface area (Å²) in [7, 11) is 1.90. The number of rotatable bonds is 3. The molecule has 1 aliphatic rings. The predicted octanol–water partition coefficient (Wildman–Crippen LogP) is 3.35. The van der Waals surface area contributed by atoms with Crippen molar-refractivity contribution in [1.29, 1.82) is 0 Å². The normalized spacial score (nSPS) is 18.5. The van der Waals surface area contributed by atoms with Crippen LogP contribution in [0.4, 0.5) is 13.2 Å². The van der Waals surface area contributed by atoms with Crippen LogP contribution in [0.1, 0.15) is 39.8 Å². The topological polar surface area (TPSA) is 68.7 Å². The van der Waals surface area contributed by atoms with Gasteiger partial charge in [0, 0.05) is 24.1 Å². The van der Waals surface area contributed by atoms with Gasteiger partial charge in [-0.25, -0.2) is 0 Å². The van der Waals surface area contributed by atoms with E-state index in [1.165, 1.54) is 12.3 Å². The number of nitrogens with zero attached hydrogens (tertiary/aromatic N) is 1. The number of amides is 1. The molecule has 1 aromatic carbocycles. The van der Waals surface area contributed by atoms with Crippen LogP contribution < -0.4 is 10.5 Å². The lowest BCUT2D eigenvalue weighted by Gasteiger charge is -2.21. The third kappa shape index (κ3) is 3.63. The highest BCUT2D eigenvalue weighted by atomic mass is 19.4. The highest BCUT2D eigenvalue weighted by Crippen LogP contribution is 2.40. The lowest BCUT2D eigenvalue weighted by Crippen LogP contribution is -2.19. The van der Waals surface area contributed by atoms with Gasteiger partial charge >= 0.3 is 6.18 Å². The van der Waals surface area contributed by atoms with Crippen LogP contribution in [-0.4, -0.2) is 24.4 Å². The van der Waals surface area contributed by atoms with Crippen molar-refractivity contribution in [3.8, 4) is 5.75 Å².